The SMILES string of the molecule is CC(C(=O)NC1(c2ccc(Cl)cc2)CCC1)n1c(-c2cccs2)n[nH]c1=S. The van der Waals surface area contributed by atoms with Crippen molar-refractivity contribution in [3.8, 4) is 10.7 Å². The van der Waals surface area contributed by atoms with Crippen molar-refractivity contribution < 1.29 is 4.79 Å². The van der Waals surface area contributed by atoms with E-state index in [0.717, 1.165) is 29.7 Å². The largest absolute Gasteiger partial charge is 0.345 e. The smallest absolute Gasteiger partial charge is 0.243 e. The number of nitrogens with zero attached hydrogens (tertiary/aromatic N) is 2. The molecule has 1 fully saturated rings. The molecule has 5 nitrogen and oxygen atoms in total. The van der Waals surface area contributed by atoms with Crippen LogP contribution in [0.25, 0.3) is 10.7 Å². The van der Waals surface area contributed by atoms with Crippen LogP contribution >= 0.6 is 35.2 Å². The first kappa shape index (κ1) is 18.4. The van der Waals surface area contributed by atoms with Gasteiger partial charge < -0.3 is 5.32 Å². The molecule has 0 saturated heterocycles. The van der Waals surface area contributed by atoms with Gasteiger partial charge in [-0.25, -0.2) is 0 Å². The summed E-state index contributed by atoms with van der Waals surface area (Å²) in [6.07, 6.45) is 2.92. The fourth-order valence-corrected chi connectivity index (χ4v) is 4.61. The molecule has 2 aromatic heterocycles. The Kier molecular flexibility index (Phi) is 4.92. The molecule has 1 atom stereocenters. The third kappa shape index (κ3) is 3.35. The van der Waals surface area contributed by atoms with Gasteiger partial charge in [-0.05, 0) is 67.5 Å². The van der Waals surface area contributed by atoms with Crippen molar-refractivity contribution in [3.63, 3.8) is 0 Å². The number of aromatic amines is 1. The third-order valence-corrected chi connectivity index (χ3v) is 6.58. The Balaban J connectivity index is 1.61. The molecule has 27 heavy (non-hydrogen) atoms. The van der Waals surface area contributed by atoms with Crippen LogP contribution in [0.3, 0.4) is 0 Å². The van der Waals surface area contributed by atoms with Gasteiger partial charge in [0.1, 0.15) is 6.04 Å². The Morgan fingerprint density at radius 1 is 1.37 bits per heavy atom. The summed E-state index contributed by atoms with van der Waals surface area (Å²) in [5.74, 6) is 0.617. The summed E-state index contributed by atoms with van der Waals surface area (Å²) in [5.41, 5.74) is 0.762. The Labute approximate surface area is 171 Å². The van der Waals surface area contributed by atoms with Crippen LogP contribution in [-0.4, -0.2) is 20.7 Å². The summed E-state index contributed by atoms with van der Waals surface area (Å²) in [7, 11) is 0. The van der Waals surface area contributed by atoms with Gasteiger partial charge in [0.2, 0.25) is 5.91 Å². The van der Waals surface area contributed by atoms with E-state index < -0.39 is 6.04 Å². The number of hydrogen-bond acceptors (Lipinski definition) is 4. The molecule has 2 N–H and O–H groups in total. The lowest BCUT2D eigenvalue weighted by molar-refractivity contribution is -0.127. The standard InChI is InChI=1S/C19H19ClN4OS2/c1-12(24-16(22-23-18(24)26)15-4-2-11-27-15)17(25)21-19(9-3-10-19)13-5-7-14(20)8-6-13/h2,4-8,11-12H,3,9-10H2,1H3,(H,21,25)(H,23,26). The zero-order valence-electron chi connectivity index (χ0n) is 14.7. The number of carbonyl (C=O) groups excluding carboxylic acids is 1. The molecule has 4 rings (SSSR count). The second kappa shape index (κ2) is 7.22. The average Bonchev–Trinajstić information content (AvgIpc) is 3.27. The summed E-state index contributed by atoms with van der Waals surface area (Å²) in [4.78, 5) is 14.1. The number of hydrogen-bond donors (Lipinski definition) is 2. The molecule has 1 unspecified atom stereocenters. The van der Waals surface area contributed by atoms with E-state index in [1.54, 1.807) is 15.9 Å². The molecule has 2 heterocycles. The highest BCUT2D eigenvalue weighted by molar-refractivity contribution is 7.71. The fraction of sp³-hybridized carbons (Fsp3) is 0.316. The number of thiophene rings is 1. The Morgan fingerprint density at radius 3 is 2.70 bits per heavy atom. The zero-order valence-corrected chi connectivity index (χ0v) is 17.1. The lowest BCUT2D eigenvalue weighted by atomic mass is 9.71. The topological polar surface area (TPSA) is 62.7 Å². The van der Waals surface area contributed by atoms with Crippen LogP contribution in [-0.2, 0) is 10.3 Å². The minimum Gasteiger partial charge on any atom is -0.345 e. The Hall–Kier alpha value is -1.96. The lowest BCUT2D eigenvalue weighted by Gasteiger charge is -2.43. The molecular weight excluding hydrogens is 400 g/mol. The average molecular weight is 419 g/mol. The molecule has 0 radical (unpaired) electrons. The highest BCUT2D eigenvalue weighted by atomic mass is 35.5. The van der Waals surface area contributed by atoms with Crippen molar-refractivity contribution in [1.82, 2.24) is 20.1 Å². The molecular formula is C19H19ClN4OS2. The number of halogens is 1. The minimum absolute atomic E-state index is 0.0695. The summed E-state index contributed by atoms with van der Waals surface area (Å²) in [6.45, 7) is 1.85. The molecule has 3 aromatic rings. The lowest BCUT2D eigenvalue weighted by Crippen LogP contribution is -2.52. The van der Waals surface area contributed by atoms with Crippen LogP contribution in [0.2, 0.25) is 5.02 Å². The van der Waals surface area contributed by atoms with E-state index in [1.165, 1.54) is 0 Å². The van der Waals surface area contributed by atoms with Crippen LogP contribution < -0.4 is 5.32 Å². The van der Waals surface area contributed by atoms with Crippen LogP contribution in [0, 0.1) is 4.77 Å². The van der Waals surface area contributed by atoms with Gasteiger partial charge in [-0.3, -0.25) is 14.5 Å². The molecule has 1 aliphatic carbocycles. The molecule has 0 aliphatic heterocycles. The summed E-state index contributed by atoms with van der Waals surface area (Å²) in [5, 5.41) is 13.1. The van der Waals surface area contributed by atoms with Gasteiger partial charge in [0, 0.05) is 5.02 Å². The van der Waals surface area contributed by atoms with Gasteiger partial charge >= 0.3 is 0 Å². The maximum atomic E-state index is 13.1. The number of nitrogens with one attached hydrogen (secondary N) is 2. The van der Waals surface area contributed by atoms with E-state index in [9.17, 15) is 4.79 Å². The van der Waals surface area contributed by atoms with E-state index in [2.05, 4.69) is 15.5 Å². The van der Waals surface area contributed by atoms with Crippen LogP contribution in [0.15, 0.2) is 41.8 Å². The van der Waals surface area contributed by atoms with Crippen molar-refractivity contribution in [1.29, 1.82) is 0 Å². The van der Waals surface area contributed by atoms with E-state index in [0.29, 0.717) is 15.6 Å². The van der Waals surface area contributed by atoms with Crippen LogP contribution in [0.5, 0.6) is 0 Å². The number of amides is 1. The van der Waals surface area contributed by atoms with Crippen molar-refractivity contribution in [2.75, 3.05) is 0 Å². The Bertz CT molecular complexity index is 1000. The molecule has 1 aromatic carbocycles. The van der Waals surface area contributed by atoms with Crippen molar-refractivity contribution in [2.24, 2.45) is 0 Å². The van der Waals surface area contributed by atoms with Gasteiger partial charge in [0.05, 0.1) is 10.4 Å². The molecule has 1 saturated carbocycles. The number of aromatic nitrogens is 3. The summed E-state index contributed by atoms with van der Waals surface area (Å²) < 4.78 is 2.22. The first-order valence-corrected chi connectivity index (χ1v) is 10.5. The fourth-order valence-electron chi connectivity index (χ4n) is 3.49. The van der Waals surface area contributed by atoms with Crippen molar-refractivity contribution in [3.05, 3.63) is 57.1 Å². The van der Waals surface area contributed by atoms with Gasteiger partial charge in [-0.1, -0.05) is 29.8 Å². The van der Waals surface area contributed by atoms with Crippen LogP contribution in [0.1, 0.15) is 37.8 Å². The predicted octanol–water partition coefficient (Wildman–Crippen LogP) is 5.08. The maximum absolute atomic E-state index is 13.1. The second-order valence-corrected chi connectivity index (χ2v) is 8.58. The van der Waals surface area contributed by atoms with Crippen LogP contribution in [0.4, 0.5) is 0 Å². The summed E-state index contributed by atoms with van der Waals surface area (Å²) in [6, 6.07) is 11.2. The van der Waals surface area contributed by atoms with Gasteiger partial charge in [0.15, 0.2) is 10.6 Å². The highest BCUT2D eigenvalue weighted by Gasteiger charge is 2.41. The monoisotopic (exact) mass is 418 g/mol. The first-order chi connectivity index (χ1) is 13.0. The van der Waals surface area contributed by atoms with Gasteiger partial charge in [-0.2, -0.15) is 5.10 Å². The number of carbonyl (C=O) groups is 1. The quantitative estimate of drug-likeness (QED) is 0.568. The number of rotatable bonds is 5. The van der Waals surface area contributed by atoms with E-state index in [4.69, 9.17) is 23.8 Å². The number of H-pyrrole nitrogens is 1. The Morgan fingerprint density at radius 2 is 2.11 bits per heavy atom. The van der Waals surface area contributed by atoms with E-state index in [-0.39, 0.29) is 11.4 Å². The predicted molar refractivity (Wildman–Crippen MR) is 111 cm³/mol. The normalized spacial score (nSPS) is 16.5. The molecule has 8 heteroatoms. The van der Waals surface area contributed by atoms with Crippen molar-refractivity contribution >= 4 is 41.1 Å². The molecule has 0 spiro atoms. The summed E-state index contributed by atoms with van der Waals surface area (Å²) >= 11 is 13.0. The first-order valence-electron chi connectivity index (χ1n) is 8.79. The zero-order chi connectivity index (χ0) is 19.0. The maximum Gasteiger partial charge on any atom is 0.243 e. The molecule has 0 bridgehead atoms. The number of benzene rings is 1. The molecule has 1 amide bonds. The second-order valence-electron chi connectivity index (χ2n) is 6.81. The minimum atomic E-state index is -0.474. The van der Waals surface area contributed by atoms with E-state index in [1.807, 2.05) is 48.7 Å². The van der Waals surface area contributed by atoms with Gasteiger partial charge in [-0.15, -0.1) is 11.3 Å². The molecule has 1 aliphatic rings. The van der Waals surface area contributed by atoms with Gasteiger partial charge in [0.25, 0.3) is 0 Å². The third-order valence-electron chi connectivity index (χ3n) is 5.18. The van der Waals surface area contributed by atoms with Crippen molar-refractivity contribution in [2.45, 2.75) is 37.8 Å². The van der Waals surface area contributed by atoms with E-state index >= 15 is 0 Å². The molecule has 140 valence electrons. The highest BCUT2D eigenvalue weighted by Crippen LogP contribution is 2.42.